The fourth-order valence-corrected chi connectivity index (χ4v) is 1.60. The maximum Gasteiger partial charge on any atom is 0.226 e. The molecule has 0 aliphatic heterocycles. The second-order valence-corrected chi connectivity index (χ2v) is 5.01. The molecule has 0 aliphatic rings. The molecule has 0 atom stereocenters. The van der Waals surface area contributed by atoms with E-state index in [4.69, 9.17) is 21.1 Å². The second-order valence-electron chi connectivity index (χ2n) is 4.63. The van der Waals surface area contributed by atoms with E-state index in [0.717, 1.165) is 17.9 Å². The number of anilines is 1. The van der Waals surface area contributed by atoms with Gasteiger partial charge in [-0.3, -0.25) is 4.79 Å². The van der Waals surface area contributed by atoms with Crippen LogP contribution in [0.1, 0.15) is 26.7 Å². The first-order valence-electron chi connectivity index (χ1n) is 6.82. The van der Waals surface area contributed by atoms with E-state index in [1.807, 2.05) is 38.1 Å². The van der Waals surface area contributed by atoms with Crippen LogP contribution in [-0.2, 0) is 9.53 Å². The summed E-state index contributed by atoms with van der Waals surface area (Å²) in [5.74, 6) is 1.31. The summed E-state index contributed by atoms with van der Waals surface area (Å²) in [5.41, 5.74) is 0.754. The molecule has 20 heavy (non-hydrogen) atoms. The normalized spacial score (nSPS) is 10.6. The SMILES string of the molecule is CC(C)OCCC(=O)Nc1ccc(OCCCCl)cc1. The molecule has 0 spiro atoms. The van der Waals surface area contributed by atoms with Gasteiger partial charge in [-0.25, -0.2) is 0 Å². The van der Waals surface area contributed by atoms with Gasteiger partial charge in [-0.15, -0.1) is 11.6 Å². The molecule has 112 valence electrons. The van der Waals surface area contributed by atoms with Crippen LogP contribution in [0.4, 0.5) is 5.69 Å². The topological polar surface area (TPSA) is 47.6 Å². The summed E-state index contributed by atoms with van der Waals surface area (Å²) in [7, 11) is 0. The Labute approximate surface area is 125 Å². The molecule has 0 unspecified atom stereocenters. The number of alkyl halides is 1. The highest BCUT2D eigenvalue weighted by Crippen LogP contribution is 2.16. The number of rotatable bonds is 9. The van der Waals surface area contributed by atoms with Crippen molar-refractivity contribution in [2.75, 3.05) is 24.4 Å². The van der Waals surface area contributed by atoms with Gasteiger partial charge in [0.05, 0.1) is 25.7 Å². The Kier molecular flexibility index (Phi) is 8.07. The number of carbonyl (C=O) groups excluding carboxylic acids is 1. The molecule has 0 saturated carbocycles. The minimum absolute atomic E-state index is 0.0542. The summed E-state index contributed by atoms with van der Waals surface area (Å²) in [6.07, 6.45) is 1.31. The molecule has 0 fully saturated rings. The lowest BCUT2D eigenvalue weighted by molar-refractivity contribution is -0.117. The largest absolute Gasteiger partial charge is 0.494 e. The minimum Gasteiger partial charge on any atom is -0.494 e. The Morgan fingerprint density at radius 2 is 1.95 bits per heavy atom. The average Bonchev–Trinajstić information content (AvgIpc) is 2.40. The van der Waals surface area contributed by atoms with E-state index in [0.29, 0.717) is 25.5 Å². The molecular weight excluding hydrogens is 278 g/mol. The lowest BCUT2D eigenvalue weighted by Crippen LogP contribution is -2.15. The minimum atomic E-state index is -0.0542. The molecule has 1 aromatic rings. The van der Waals surface area contributed by atoms with E-state index in [2.05, 4.69) is 5.32 Å². The smallest absolute Gasteiger partial charge is 0.226 e. The van der Waals surface area contributed by atoms with E-state index in [9.17, 15) is 4.79 Å². The fraction of sp³-hybridized carbons (Fsp3) is 0.533. The monoisotopic (exact) mass is 299 g/mol. The standard InChI is InChI=1S/C15H22ClNO3/c1-12(2)19-11-8-15(18)17-13-4-6-14(7-5-13)20-10-3-9-16/h4-7,12H,3,8-11H2,1-2H3,(H,17,18). The van der Waals surface area contributed by atoms with E-state index in [1.165, 1.54) is 0 Å². The van der Waals surface area contributed by atoms with Gasteiger partial charge >= 0.3 is 0 Å². The summed E-state index contributed by atoms with van der Waals surface area (Å²) in [4.78, 5) is 11.7. The van der Waals surface area contributed by atoms with Crippen molar-refractivity contribution in [3.8, 4) is 5.75 Å². The molecule has 0 aromatic heterocycles. The Morgan fingerprint density at radius 3 is 2.55 bits per heavy atom. The van der Waals surface area contributed by atoms with Gasteiger partial charge < -0.3 is 14.8 Å². The van der Waals surface area contributed by atoms with Gasteiger partial charge in [0, 0.05) is 11.6 Å². The lowest BCUT2D eigenvalue weighted by atomic mass is 10.3. The molecule has 1 amide bonds. The third-order valence-electron chi connectivity index (χ3n) is 2.47. The third kappa shape index (κ3) is 7.36. The number of ether oxygens (including phenoxy) is 2. The van der Waals surface area contributed by atoms with Gasteiger partial charge in [0.25, 0.3) is 0 Å². The first-order chi connectivity index (χ1) is 9.61. The van der Waals surface area contributed by atoms with Gasteiger partial charge in [0.1, 0.15) is 5.75 Å². The first-order valence-corrected chi connectivity index (χ1v) is 7.35. The van der Waals surface area contributed by atoms with Crippen molar-refractivity contribution in [3.05, 3.63) is 24.3 Å². The van der Waals surface area contributed by atoms with Crippen LogP contribution in [0.15, 0.2) is 24.3 Å². The lowest BCUT2D eigenvalue weighted by Gasteiger charge is -2.09. The summed E-state index contributed by atoms with van der Waals surface area (Å²) in [6.45, 7) is 4.92. The van der Waals surface area contributed by atoms with Crippen molar-refractivity contribution >= 4 is 23.2 Å². The van der Waals surface area contributed by atoms with Crippen LogP contribution in [0.5, 0.6) is 5.75 Å². The maximum absolute atomic E-state index is 11.7. The van der Waals surface area contributed by atoms with Gasteiger partial charge in [0.15, 0.2) is 0 Å². The number of hydrogen-bond donors (Lipinski definition) is 1. The quantitative estimate of drug-likeness (QED) is 0.561. The highest BCUT2D eigenvalue weighted by Gasteiger charge is 2.03. The van der Waals surface area contributed by atoms with Gasteiger partial charge in [-0.1, -0.05) is 0 Å². The highest BCUT2D eigenvalue weighted by atomic mass is 35.5. The summed E-state index contributed by atoms with van der Waals surface area (Å²) in [6, 6.07) is 7.29. The zero-order valence-electron chi connectivity index (χ0n) is 12.0. The molecule has 1 N–H and O–H groups in total. The molecule has 1 rings (SSSR count). The number of hydrogen-bond acceptors (Lipinski definition) is 3. The van der Waals surface area contributed by atoms with Gasteiger partial charge in [-0.2, -0.15) is 0 Å². The van der Waals surface area contributed by atoms with Crippen molar-refractivity contribution in [3.63, 3.8) is 0 Å². The van der Waals surface area contributed by atoms with Crippen LogP contribution in [0.25, 0.3) is 0 Å². The molecule has 4 nitrogen and oxygen atoms in total. The maximum atomic E-state index is 11.7. The fourth-order valence-electron chi connectivity index (χ4n) is 1.49. The molecule has 0 bridgehead atoms. The Hall–Kier alpha value is -1.26. The number of nitrogens with one attached hydrogen (secondary N) is 1. The van der Waals surface area contributed by atoms with E-state index < -0.39 is 0 Å². The van der Waals surface area contributed by atoms with Crippen LogP contribution in [0, 0.1) is 0 Å². The summed E-state index contributed by atoms with van der Waals surface area (Å²) < 4.78 is 10.8. The van der Waals surface area contributed by atoms with Gasteiger partial charge in [-0.05, 0) is 44.5 Å². The van der Waals surface area contributed by atoms with E-state index >= 15 is 0 Å². The van der Waals surface area contributed by atoms with Crippen LogP contribution >= 0.6 is 11.6 Å². The molecule has 1 aromatic carbocycles. The Balaban J connectivity index is 2.31. The number of amides is 1. The van der Waals surface area contributed by atoms with Crippen molar-refractivity contribution in [2.24, 2.45) is 0 Å². The van der Waals surface area contributed by atoms with Crippen molar-refractivity contribution < 1.29 is 14.3 Å². The zero-order valence-corrected chi connectivity index (χ0v) is 12.8. The van der Waals surface area contributed by atoms with Gasteiger partial charge in [0.2, 0.25) is 5.91 Å². The van der Waals surface area contributed by atoms with Crippen LogP contribution in [-0.4, -0.2) is 31.1 Å². The van der Waals surface area contributed by atoms with Crippen molar-refractivity contribution in [2.45, 2.75) is 32.8 Å². The predicted octanol–water partition coefficient (Wildman–Crippen LogP) is 3.45. The average molecular weight is 300 g/mol. The summed E-state index contributed by atoms with van der Waals surface area (Å²) >= 11 is 5.57. The number of carbonyl (C=O) groups is 1. The predicted molar refractivity (Wildman–Crippen MR) is 81.6 cm³/mol. The molecule has 0 saturated heterocycles. The molecule has 5 heteroatoms. The second kappa shape index (κ2) is 9.61. The van der Waals surface area contributed by atoms with Crippen molar-refractivity contribution in [1.82, 2.24) is 0 Å². The molecule has 0 aliphatic carbocycles. The molecular formula is C15H22ClNO3. The number of benzene rings is 1. The van der Waals surface area contributed by atoms with Crippen LogP contribution < -0.4 is 10.1 Å². The Bertz CT molecular complexity index is 393. The molecule has 0 heterocycles. The van der Waals surface area contributed by atoms with Crippen LogP contribution in [0.2, 0.25) is 0 Å². The Morgan fingerprint density at radius 1 is 1.25 bits per heavy atom. The van der Waals surface area contributed by atoms with E-state index in [-0.39, 0.29) is 12.0 Å². The highest BCUT2D eigenvalue weighted by molar-refractivity contribution is 6.17. The third-order valence-corrected chi connectivity index (χ3v) is 2.73. The number of halogens is 1. The van der Waals surface area contributed by atoms with Crippen LogP contribution in [0.3, 0.4) is 0 Å². The zero-order chi connectivity index (χ0) is 14.8. The summed E-state index contributed by atoms with van der Waals surface area (Å²) in [5, 5.41) is 2.81. The van der Waals surface area contributed by atoms with Crippen molar-refractivity contribution in [1.29, 1.82) is 0 Å². The van der Waals surface area contributed by atoms with E-state index in [1.54, 1.807) is 0 Å². The first kappa shape index (κ1) is 16.8. The molecule has 0 radical (unpaired) electrons.